The van der Waals surface area contributed by atoms with E-state index in [2.05, 4.69) is 0 Å². The first-order chi connectivity index (χ1) is 4.46. The third-order valence-corrected chi connectivity index (χ3v) is 0.629. The molecular weight excluding hydrogens is 167 g/mol. The summed E-state index contributed by atoms with van der Waals surface area (Å²) in [6, 6.07) is 0. The molecule has 0 aromatic carbocycles. The Hall–Kier alpha value is -0.720. The molecule has 6 nitrogen and oxygen atoms in total. The van der Waals surface area contributed by atoms with E-state index in [1.54, 1.807) is 0 Å². The summed E-state index contributed by atoms with van der Waals surface area (Å²) in [6.07, 6.45) is 0. The minimum atomic E-state index is -1.89. The average Bonchev–Trinajstić information content (AvgIpc) is 1.84. The van der Waals surface area contributed by atoms with Crippen LogP contribution in [0, 0.1) is 0 Å². The van der Waals surface area contributed by atoms with Crippen LogP contribution < -0.4 is 0 Å². The largest absolute Gasteiger partial charge is 0.499 e. The zero-order chi connectivity index (χ0) is 8.31. The van der Waals surface area contributed by atoms with Gasteiger partial charge in [-0.3, -0.25) is 0 Å². The van der Waals surface area contributed by atoms with Crippen LogP contribution in [-0.2, 0) is 9.59 Å². The van der Waals surface area contributed by atoms with Crippen molar-refractivity contribution in [1.82, 2.24) is 0 Å². The van der Waals surface area contributed by atoms with Crippen LogP contribution in [0.15, 0.2) is 11.5 Å². The van der Waals surface area contributed by atoms with Crippen LogP contribution in [0.3, 0.4) is 0 Å². The SMILES string of the molecule is O=C(O)/C(O)=C(\O)C(=O)O.[Na]. The van der Waals surface area contributed by atoms with Gasteiger partial charge in [0.25, 0.3) is 11.5 Å². The second-order valence-corrected chi connectivity index (χ2v) is 1.31. The first-order valence-corrected chi connectivity index (χ1v) is 2.05. The minimum absolute atomic E-state index is 0. The number of hydrogen-bond acceptors (Lipinski definition) is 4. The topological polar surface area (TPSA) is 115 Å². The van der Waals surface area contributed by atoms with Gasteiger partial charge in [0.1, 0.15) is 0 Å². The molecule has 0 saturated heterocycles. The van der Waals surface area contributed by atoms with Gasteiger partial charge in [0.2, 0.25) is 0 Å². The van der Waals surface area contributed by atoms with Crippen molar-refractivity contribution in [3.05, 3.63) is 11.5 Å². The molecule has 0 aliphatic rings. The van der Waals surface area contributed by atoms with Gasteiger partial charge in [-0.2, -0.15) is 0 Å². The molecule has 0 bridgehead atoms. The van der Waals surface area contributed by atoms with E-state index in [9.17, 15) is 9.59 Å². The molecular formula is C4H4NaO6. The number of carboxylic acids is 2. The summed E-state index contributed by atoms with van der Waals surface area (Å²) >= 11 is 0. The van der Waals surface area contributed by atoms with E-state index in [0.717, 1.165) is 0 Å². The van der Waals surface area contributed by atoms with Crippen molar-refractivity contribution in [2.45, 2.75) is 0 Å². The molecule has 0 aromatic heterocycles. The van der Waals surface area contributed by atoms with Crippen LogP contribution in [0.2, 0.25) is 0 Å². The van der Waals surface area contributed by atoms with Gasteiger partial charge in [-0.15, -0.1) is 0 Å². The average molecular weight is 171 g/mol. The van der Waals surface area contributed by atoms with Crippen molar-refractivity contribution < 1.29 is 30.0 Å². The zero-order valence-electron chi connectivity index (χ0n) is 5.61. The van der Waals surface area contributed by atoms with E-state index in [1.807, 2.05) is 0 Å². The maximum absolute atomic E-state index is 9.71. The Morgan fingerprint density at radius 3 is 1.00 bits per heavy atom. The van der Waals surface area contributed by atoms with Gasteiger partial charge < -0.3 is 20.4 Å². The third kappa shape index (κ3) is 3.87. The summed E-state index contributed by atoms with van der Waals surface area (Å²) in [5, 5.41) is 32.2. The van der Waals surface area contributed by atoms with E-state index >= 15 is 0 Å². The van der Waals surface area contributed by atoms with E-state index in [0.29, 0.717) is 0 Å². The van der Waals surface area contributed by atoms with Gasteiger partial charge in [-0.25, -0.2) is 9.59 Å². The van der Waals surface area contributed by atoms with Gasteiger partial charge in [-0.1, -0.05) is 0 Å². The molecule has 0 rings (SSSR count). The summed E-state index contributed by atoms with van der Waals surface area (Å²) < 4.78 is 0. The summed E-state index contributed by atoms with van der Waals surface area (Å²) in [4.78, 5) is 19.4. The Morgan fingerprint density at radius 2 is 0.909 bits per heavy atom. The monoisotopic (exact) mass is 171 g/mol. The van der Waals surface area contributed by atoms with E-state index < -0.39 is 23.5 Å². The summed E-state index contributed by atoms with van der Waals surface area (Å²) in [6.45, 7) is 0. The van der Waals surface area contributed by atoms with Crippen molar-refractivity contribution in [1.29, 1.82) is 0 Å². The second-order valence-electron chi connectivity index (χ2n) is 1.31. The summed E-state index contributed by atoms with van der Waals surface area (Å²) in [5.41, 5.74) is 0. The molecule has 11 heavy (non-hydrogen) atoms. The van der Waals surface area contributed by atoms with Crippen LogP contribution in [0.5, 0.6) is 0 Å². The molecule has 0 aliphatic heterocycles. The quantitative estimate of drug-likeness (QED) is 0.243. The van der Waals surface area contributed by atoms with Crippen molar-refractivity contribution in [2.24, 2.45) is 0 Å². The molecule has 7 heteroatoms. The number of hydrogen-bond donors (Lipinski definition) is 4. The molecule has 0 amide bonds. The van der Waals surface area contributed by atoms with Crippen molar-refractivity contribution in [3.8, 4) is 0 Å². The molecule has 0 spiro atoms. The standard InChI is InChI=1S/C4H4O6.Na/c5-1(3(7)8)2(6)4(9)10;/h5-6H,(H,7,8)(H,9,10);/b2-1+;. The van der Waals surface area contributed by atoms with Crippen LogP contribution in [0.4, 0.5) is 0 Å². The van der Waals surface area contributed by atoms with Crippen LogP contribution in [-0.4, -0.2) is 61.9 Å². The number of carboxylic acid groups (broad SMARTS) is 2. The Kier molecular flexibility index (Phi) is 5.87. The van der Waals surface area contributed by atoms with E-state index in [-0.39, 0.29) is 29.6 Å². The second kappa shape index (κ2) is 5.00. The Labute approximate surface area is 83.1 Å². The number of aliphatic hydroxyl groups excluding tert-OH is 2. The fourth-order valence-electron chi connectivity index (χ4n) is 0.203. The Balaban J connectivity index is 0. The molecule has 4 N–H and O–H groups in total. The normalized spacial score (nSPS) is 10.9. The Morgan fingerprint density at radius 1 is 0.727 bits per heavy atom. The predicted molar refractivity (Wildman–Crippen MR) is 33.3 cm³/mol. The van der Waals surface area contributed by atoms with E-state index in [1.165, 1.54) is 0 Å². The number of aliphatic hydroxyl groups is 2. The molecule has 1 radical (unpaired) electrons. The fraction of sp³-hybridized carbons (Fsp3) is 0. The van der Waals surface area contributed by atoms with Gasteiger partial charge >= 0.3 is 11.9 Å². The fourth-order valence-corrected chi connectivity index (χ4v) is 0.203. The first-order valence-electron chi connectivity index (χ1n) is 2.05. The van der Waals surface area contributed by atoms with Crippen molar-refractivity contribution >= 4 is 41.5 Å². The zero-order valence-corrected chi connectivity index (χ0v) is 7.61. The van der Waals surface area contributed by atoms with Crippen LogP contribution in [0.1, 0.15) is 0 Å². The van der Waals surface area contributed by atoms with Gasteiger partial charge in [0.15, 0.2) is 0 Å². The van der Waals surface area contributed by atoms with Crippen molar-refractivity contribution in [3.63, 3.8) is 0 Å². The van der Waals surface area contributed by atoms with Crippen molar-refractivity contribution in [2.75, 3.05) is 0 Å². The maximum Gasteiger partial charge on any atom is 0.375 e. The molecule has 0 aromatic rings. The number of aliphatic carboxylic acids is 2. The van der Waals surface area contributed by atoms with Crippen LogP contribution >= 0.6 is 0 Å². The molecule has 0 fully saturated rings. The molecule has 0 heterocycles. The molecule has 0 aliphatic carbocycles. The minimum Gasteiger partial charge on any atom is -0.499 e. The molecule has 57 valence electrons. The predicted octanol–water partition coefficient (Wildman–Crippen LogP) is -0.898. The number of rotatable bonds is 2. The third-order valence-electron chi connectivity index (χ3n) is 0.629. The smallest absolute Gasteiger partial charge is 0.375 e. The first kappa shape index (κ1) is 12.9. The summed E-state index contributed by atoms with van der Waals surface area (Å²) in [7, 11) is 0. The maximum atomic E-state index is 9.71. The summed E-state index contributed by atoms with van der Waals surface area (Å²) in [5.74, 6) is -6.93. The molecule has 0 unspecified atom stereocenters. The molecule has 0 saturated carbocycles. The van der Waals surface area contributed by atoms with Gasteiger partial charge in [-0.05, 0) is 0 Å². The molecule has 0 atom stereocenters. The van der Waals surface area contributed by atoms with E-state index in [4.69, 9.17) is 20.4 Å². The van der Waals surface area contributed by atoms with Crippen LogP contribution in [0.25, 0.3) is 0 Å². The van der Waals surface area contributed by atoms with Gasteiger partial charge in [0, 0.05) is 29.6 Å². The Bertz CT molecular complexity index is 185. The van der Waals surface area contributed by atoms with Gasteiger partial charge in [0.05, 0.1) is 0 Å². The number of carbonyl (C=O) groups is 2.